The maximum atomic E-state index is 14.8. The molecule has 3 heterocycles. The van der Waals surface area contributed by atoms with Gasteiger partial charge in [-0.05, 0) is 72.9 Å². The first-order valence-corrected chi connectivity index (χ1v) is 13.3. The molecule has 2 aromatic carbocycles. The van der Waals surface area contributed by atoms with E-state index in [2.05, 4.69) is 15.3 Å². The zero-order valence-corrected chi connectivity index (χ0v) is 22.1. The number of fused-ring (bicyclic) bond motifs is 3. The Balaban J connectivity index is 1.26. The minimum atomic E-state index is -0.695. The van der Waals surface area contributed by atoms with Crippen LogP contribution in [0.4, 0.5) is 20.4 Å². The average Bonchev–Trinajstić information content (AvgIpc) is 3.12. The zero-order valence-electron chi connectivity index (χ0n) is 21.4. The molecule has 1 fully saturated rings. The van der Waals surface area contributed by atoms with Crippen LogP contribution >= 0.6 is 11.6 Å². The van der Waals surface area contributed by atoms with Crippen molar-refractivity contribution >= 4 is 45.5 Å². The molecular formula is C30H25ClF2N6O. The molecule has 1 amide bonds. The molecule has 0 spiro atoms. The normalized spacial score (nSPS) is 17.1. The average molecular weight is 559 g/mol. The van der Waals surface area contributed by atoms with Crippen molar-refractivity contribution in [2.24, 2.45) is 10.7 Å². The van der Waals surface area contributed by atoms with Crippen molar-refractivity contribution in [1.29, 1.82) is 0 Å². The molecule has 0 unspecified atom stereocenters. The molecule has 3 N–H and O–H groups in total. The largest absolute Gasteiger partial charge is 0.339 e. The Morgan fingerprint density at radius 2 is 1.75 bits per heavy atom. The van der Waals surface area contributed by atoms with E-state index in [0.29, 0.717) is 59.1 Å². The van der Waals surface area contributed by atoms with Crippen LogP contribution < -0.4 is 11.1 Å². The van der Waals surface area contributed by atoms with Gasteiger partial charge in [0.15, 0.2) is 0 Å². The van der Waals surface area contributed by atoms with Crippen molar-refractivity contribution in [2.75, 3.05) is 18.4 Å². The predicted molar refractivity (Wildman–Crippen MR) is 152 cm³/mol. The lowest BCUT2D eigenvalue weighted by Crippen LogP contribution is -2.42. The Bertz CT molecular complexity index is 1600. The van der Waals surface area contributed by atoms with E-state index in [-0.39, 0.29) is 22.7 Å². The maximum Gasteiger partial charge on any atom is 0.253 e. The van der Waals surface area contributed by atoms with Gasteiger partial charge in [-0.2, -0.15) is 0 Å². The molecule has 7 nitrogen and oxygen atoms in total. The van der Waals surface area contributed by atoms with Crippen molar-refractivity contribution < 1.29 is 13.6 Å². The molecule has 0 atom stereocenters. The molecule has 3 aliphatic rings. The van der Waals surface area contributed by atoms with Crippen LogP contribution in [-0.4, -0.2) is 45.1 Å². The summed E-state index contributed by atoms with van der Waals surface area (Å²) in [5.41, 5.74) is 9.97. The number of carbonyl (C=O) groups excluding carboxylic acids is 1. The molecule has 0 saturated carbocycles. The van der Waals surface area contributed by atoms with Crippen LogP contribution in [0.3, 0.4) is 0 Å². The highest BCUT2D eigenvalue weighted by Gasteiger charge is 2.28. The van der Waals surface area contributed by atoms with E-state index in [1.54, 1.807) is 36.7 Å². The quantitative estimate of drug-likeness (QED) is 0.433. The second kappa shape index (κ2) is 10.7. The van der Waals surface area contributed by atoms with Gasteiger partial charge in [-0.1, -0.05) is 23.7 Å². The van der Waals surface area contributed by atoms with Crippen LogP contribution in [-0.2, 0) is 6.42 Å². The number of rotatable bonds is 4. The van der Waals surface area contributed by atoms with Crippen LogP contribution in [0.25, 0.3) is 11.1 Å². The van der Waals surface area contributed by atoms with Gasteiger partial charge in [0.1, 0.15) is 16.8 Å². The number of amides is 1. The maximum absolute atomic E-state index is 14.8. The van der Waals surface area contributed by atoms with Gasteiger partial charge >= 0.3 is 0 Å². The summed E-state index contributed by atoms with van der Waals surface area (Å²) in [7, 11) is 0. The van der Waals surface area contributed by atoms with Gasteiger partial charge in [0.2, 0.25) is 5.95 Å². The van der Waals surface area contributed by atoms with Gasteiger partial charge in [-0.15, -0.1) is 0 Å². The number of nitrogens with two attached hydrogens (primary N) is 1. The fraction of sp³-hybridized carbons (Fsp3) is 0.200. The molecule has 202 valence electrons. The lowest BCUT2D eigenvalue weighted by Gasteiger charge is -2.30. The number of benzene rings is 2. The summed E-state index contributed by atoms with van der Waals surface area (Å²) in [4.78, 5) is 28.1. The number of hydrogen-bond donors (Lipinski definition) is 2. The summed E-state index contributed by atoms with van der Waals surface area (Å²) in [5.74, 6) is -1.08. The summed E-state index contributed by atoms with van der Waals surface area (Å²) in [6.45, 7) is 1.32. The zero-order chi connectivity index (χ0) is 27.8. The Hall–Kier alpha value is -4.21. The number of likely N-dealkylation sites (tertiary alicyclic amines) is 1. The Labute approximate surface area is 234 Å². The number of allylic oxidation sites excluding steroid dienone is 5. The molecule has 0 bridgehead atoms. The van der Waals surface area contributed by atoms with Gasteiger partial charge in [0, 0.05) is 53.9 Å². The number of hydrogen-bond acceptors (Lipinski definition) is 6. The number of anilines is 2. The summed E-state index contributed by atoms with van der Waals surface area (Å²) < 4.78 is 29.6. The number of carbonyl (C=O) groups is 1. The van der Waals surface area contributed by atoms with Crippen molar-refractivity contribution in [3.63, 3.8) is 0 Å². The predicted octanol–water partition coefficient (Wildman–Crippen LogP) is 5.62. The number of piperidine rings is 1. The standard InChI is InChI=1S/C30H25ClF2N6O/c31-26-14-22(27-24(32)2-1-3-25(27)33)21-9-6-18-15-36-30(38-28(18)23(21)16-35-26)37-20-7-4-17(5-8-20)29(40)39-12-10-19(34)11-13-39/h1-5,7-9,14-16,19H,6,10-13,34H2,(H,36,37,38). The molecule has 0 radical (unpaired) electrons. The lowest BCUT2D eigenvalue weighted by atomic mass is 9.84. The highest BCUT2D eigenvalue weighted by atomic mass is 35.5. The third kappa shape index (κ3) is 5.05. The van der Waals surface area contributed by atoms with Gasteiger partial charge in [-0.3, -0.25) is 4.79 Å². The first kappa shape index (κ1) is 26.0. The van der Waals surface area contributed by atoms with Crippen LogP contribution in [0, 0.1) is 11.6 Å². The fourth-order valence-electron chi connectivity index (χ4n) is 5.12. The minimum absolute atomic E-state index is 0.0162. The van der Waals surface area contributed by atoms with E-state index in [4.69, 9.17) is 22.3 Å². The van der Waals surface area contributed by atoms with Gasteiger partial charge in [0.25, 0.3) is 5.91 Å². The second-order valence-electron chi connectivity index (χ2n) is 9.87. The SMILES string of the molecule is NC1CCN(C(=O)c2ccc(Nc3ncc4c(n3)C3=CN=C(Cl)C=C(c5c(F)cccc5F)C3=CC4)cc2)CC1. The highest BCUT2D eigenvalue weighted by Crippen LogP contribution is 2.41. The molecule has 40 heavy (non-hydrogen) atoms. The third-order valence-corrected chi connectivity index (χ3v) is 7.46. The summed E-state index contributed by atoms with van der Waals surface area (Å²) in [5, 5.41) is 3.27. The van der Waals surface area contributed by atoms with Crippen molar-refractivity contribution in [3.05, 3.63) is 107 Å². The van der Waals surface area contributed by atoms with Gasteiger partial charge in [-0.25, -0.2) is 23.7 Å². The second-order valence-corrected chi connectivity index (χ2v) is 10.3. The lowest BCUT2D eigenvalue weighted by molar-refractivity contribution is 0.0715. The number of aliphatic imine (C=N–C) groups is 1. The topological polar surface area (TPSA) is 96.5 Å². The number of halogens is 3. The molecule has 6 rings (SSSR count). The van der Waals surface area contributed by atoms with E-state index in [1.807, 2.05) is 11.0 Å². The Morgan fingerprint density at radius 1 is 1.02 bits per heavy atom. The molecule has 3 aromatic rings. The van der Waals surface area contributed by atoms with E-state index in [9.17, 15) is 13.6 Å². The van der Waals surface area contributed by atoms with Crippen molar-refractivity contribution in [3.8, 4) is 0 Å². The minimum Gasteiger partial charge on any atom is -0.339 e. The molecule has 1 saturated heterocycles. The summed E-state index contributed by atoms with van der Waals surface area (Å²) in [6, 6.07) is 11.0. The van der Waals surface area contributed by atoms with Crippen LogP contribution in [0.5, 0.6) is 0 Å². The summed E-state index contributed by atoms with van der Waals surface area (Å²) >= 11 is 6.27. The molecule has 1 aliphatic carbocycles. The smallest absolute Gasteiger partial charge is 0.253 e. The van der Waals surface area contributed by atoms with Crippen molar-refractivity contribution in [1.82, 2.24) is 14.9 Å². The first-order chi connectivity index (χ1) is 19.4. The highest BCUT2D eigenvalue weighted by molar-refractivity contribution is 6.69. The van der Waals surface area contributed by atoms with E-state index >= 15 is 0 Å². The monoisotopic (exact) mass is 558 g/mol. The molecular weight excluding hydrogens is 534 g/mol. The fourth-order valence-corrected chi connectivity index (χ4v) is 5.28. The van der Waals surface area contributed by atoms with Gasteiger partial charge in [0.05, 0.1) is 11.3 Å². The Morgan fingerprint density at radius 3 is 2.48 bits per heavy atom. The third-order valence-electron chi connectivity index (χ3n) is 7.25. The number of nitrogens with one attached hydrogen (secondary N) is 1. The van der Waals surface area contributed by atoms with E-state index in [1.165, 1.54) is 24.3 Å². The molecule has 10 heteroatoms. The molecule has 1 aromatic heterocycles. The van der Waals surface area contributed by atoms with Gasteiger partial charge < -0.3 is 16.0 Å². The van der Waals surface area contributed by atoms with Crippen LogP contribution in [0.1, 0.15) is 40.0 Å². The molecule has 2 aliphatic heterocycles. The Kier molecular flexibility index (Phi) is 7.00. The summed E-state index contributed by atoms with van der Waals surface area (Å²) in [6.07, 6.45) is 8.67. The van der Waals surface area contributed by atoms with Crippen molar-refractivity contribution in [2.45, 2.75) is 25.3 Å². The van der Waals surface area contributed by atoms with E-state index in [0.717, 1.165) is 18.4 Å². The number of aromatic nitrogens is 2. The number of nitrogens with zero attached hydrogens (tertiary/aromatic N) is 4. The van der Waals surface area contributed by atoms with Crippen LogP contribution in [0.15, 0.2) is 77.6 Å². The first-order valence-electron chi connectivity index (χ1n) is 13.0. The van der Waals surface area contributed by atoms with Crippen LogP contribution in [0.2, 0.25) is 0 Å². The van der Waals surface area contributed by atoms with E-state index < -0.39 is 11.6 Å².